The maximum Gasteiger partial charge on any atom is 0.251 e. The van der Waals surface area contributed by atoms with Gasteiger partial charge in [0.2, 0.25) is 0 Å². The van der Waals surface area contributed by atoms with E-state index in [-0.39, 0.29) is 5.91 Å². The van der Waals surface area contributed by atoms with Crippen molar-refractivity contribution >= 4 is 17.5 Å². The third-order valence-electron chi connectivity index (χ3n) is 2.92. The predicted molar refractivity (Wildman–Crippen MR) is 69.5 cm³/mol. The van der Waals surface area contributed by atoms with Gasteiger partial charge in [-0.3, -0.25) is 4.79 Å². The Labute approximate surface area is 109 Å². The van der Waals surface area contributed by atoms with Crippen LogP contribution in [0, 0.1) is 0 Å². The molecule has 1 aromatic heterocycles. The Morgan fingerprint density at radius 1 is 1.44 bits per heavy atom. The topological polar surface area (TPSA) is 57.8 Å². The first-order chi connectivity index (χ1) is 8.74. The van der Waals surface area contributed by atoms with Crippen molar-refractivity contribution in [2.24, 2.45) is 0 Å². The van der Waals surface area contributed by atoms with Gasteiger partial charge in [-0.25, -0.2) is 4.98 Å². The Bertz CT molecular complexity index is 576. The number of carbonyl (C=O) groups is 1. The molecule has 1 aliphatic carbocycles. The third-order valence-corrected chi connectivity index (χ3v) is 3.24. The SMILES string of the molecule is O=C(NC1CC1)c1ccc(Cl)c(-c2c[nH]cn2)c1. The number of nitrogens with zero attached hydrogens (tertiary/aromatic N) is 1. The lowest BCUT2D eigenvalue weighted by Gasteiger charge is -2.06. The summed E-state index contributed by atoms with van der Waals surface area (Å²) >= 11 is 6.12. The lowest BCUT2D eigenvalue weighted by atomic mass is 10.1. The molecule has 0 unspecified atom stereocenters. The Balaban J connectivity index is 1.92. The van der Waals surface area contributed by atoms with Gasteiger partial charge in [0.25, 0.3) is 5.91 Å². The molecule has 0 atom stereocenters. The molecule has 5 heteroatoms. The number of aromatic nitrogens is 2. The molecule has 1 aromatic carbocycles. The van der Waals surface area contributed by atoms with Crippen LogP contribution >= 0.6 is 11.6 Å². The zero-order chi connectivity index (χ0) is 12.5. The highest BCUT2D eigenvalue weighted by Gasteiger charge is 2.24. The van der Waals surface area contributed by atoms with Crippen LogP contribution in [0.2, 0.25) is 5.02 Å². The average molecular weight is 262 g/mol. The first-order valence-electron chi connectivity index (χ1n) is 5.83. The van der Waals surface area contributed by atoms with Crippen LogP contribution in [0.1, 0.15) is 23.2 Å². The van der Waals surface area contributed by atoms with Crippen LogP contribution in [-0.2, 0) is 0 Å². The first-order valence-corrected chi connectivity index (χ1v) is 6.21. The van der Waals surface area contributed by atoms with Gasteiger partial charge in [0.1, 0.15) is 0 Å². The quantitative estimate of drug-likeness (QED) is 0.892. The molecule has 0 radical (unpaired) electrons. The largest absolute Gasteiger partial charge is 0.351 e. The number of halogens is 1. The first kappa shape index (κ1) is 11.3. The summed E-state index contributed by atoms with van der Waals surface area (Å²) in [5.41, 5.74) is 2.12. The molecule has 1 fully saturated rings. The number of nitrogens with one attached hydrogen (secondary N) is 2. The fourth-order valence-corrected chi connectivity index (χ4v) is 1.98. The van der Waals surface area contributed by atoms with Crippen molar-refractivity contribution in [2.75, 3.05) is 0 Å². The summed E-state index contributed by atoms with van der Waals surface area (Å²) in [6.45, 7) is 0. The summed E-state index contributed by atoms with van der Waals surface area (Å²) < 4.78 is 0. The zero-order valence-corrected chi connectivity index (χ0v) is 10.4. The minimum atomic E-state index is -0.0500. The smallest absolute Gasteiger partial charge is 0.251 e. The second-order valence-corrected chi connectivity index (χ2v) is 4.80. The molecule has 0 saturated heterocycles. The van der Waals surface area contributed by atoms with Crippen LogP contribution in [0.4, 0.5) is 0 Å². The number of benzene rings is 1. The zero-order valence-electron chi connectivity index (χ0n) is 9.61. The van der Waals surface area contributed by atoms with Crippen molar-refractivity contribution in [2.45, 2.75) is 18.9 Å². The molecule has 0 bridgehead atoms. The summed E-state index contributed by atoms with van der Waals surface area (Å²) in [4.78, 5) is 19.0. The maximum absolute atomic E-state index is 11.9. The Morgan fingerprint density at radius 2 is 2.28 bits per heavy atom. The summed E-state index contributed by atoms with van der Waals surface area (Å²) in [5.74, 6) is -0.0500. The number of carbonyl (C=O) groups excluding carboxylic acids is 1. The van der Waals surface area contributed by atoms with E-state index in [0.717, 1.165) is 24.1 Å². The summed E-state index contributed by atoms with van der Waals surface area (Å²) in [5, 5.41) is 3.54. The Morgan fingerprint density at radius 3 is 2.94 bits per heavy atom. The van der Waals surface area contributed by atoms with E-state index in [4.69, 9.17) is 11.6 Å². The van der Waals surface area contributed by atoms with E-state index >= 15 is 0 Å². The van der Waals surface area contributed by atoms with Gasteiger partial charge >= 0.3 is 0 Å². The van der Waals surface area contributed by atoms with E-state index in [1.54, 1.807) is 30.7 Å². The van der Waals surface area contributed by atoms with Crippen molar-refractivity contribution < 1.29 is 4.79 Å². The van der Waals surface area contributed by atoms with Gasteiger partial charge in [0.05, 0.1) is 17.0 Å². The molecule has 0 aliphatic heterocycles. The molecule has 1 saturated carbocycles. The highest BCUT2D eigenvalue weighted by Crippen LogP contribution is 2.27. The van der Waals surface area contributed by atoms with E-state index < -0.39 is 0 Å². The monoisotopic (exact) mass is 261 g/mol. The van der Waals surface area contributed by atoms with E-state index in [9.17, 15) is 4.79 Å². The van der Waals surface area contributed by atoms with Gasteiger partial charge in [-0.2, -0.15) is 0 Å². The molecule has 92 valence electrons. The lowest BCUT2D eigenvalue weighted by molar-refractivity contribution is 0.0951. The predicted octanol–water partition coefficient (Wildman–Crippen LogP) is 2.62. The number of H-pyrrole nitrogens is 1. The van der Waals surface area contributed by atoms with Crippen LogP contribution in [0.3, 0.4) is 0 Å². The van der Waals surface area contributed by atoms with Gasteiger partial charge in [0, 0.05) is 23.4 Å². The Kier molecular flexibility index (Phi) is 2.80. The molecule has 0 spiro atoms. The molecule has 1 aliphatic rings. The fourth-order valence-electron chi connectivity index (χ4n) is 1.77. The maximum atomic E-state index is 11.9. The van der Waals surface area contributed by atoms with Crippen LogP contribution in [-0.4, -0.2) is 21.9 Å². The van der Waals surface area contributed by atoms with Crippen molar-refractivity contribution in [3.63, 3.8) is 0 Å². The normalized spacial score (nSPS) is 14.5. The second-order valence-electron chi connectivity index (χ2n) is 4.40. The van der Waals surface area contributed by atoms with Crippen LogP contribution in [0.25, 0.3) is 11.3 Å². The molecule has 4 nitrogen and oxygen atoms in total. The molecule has 18 heavy (non-hydrogen) atoms. The minimum absolute atomic E-state index is 0.0500. The van der Waals surface area contributed by atoms with Gasteiger partial charge in [0.15, 0.2) is 0 Å². The number of hydrogen-bond acceptors (Lipinski definition) is 2. The van der Waals surface area contributed by atoms with Crippen molar-refractivity contribution in [3.8, 4) is 11.3 Å². The van der Waals surface area contributed by atoms with E-state index in [1.165, 1.54) is 0 Å². The van der Waals surface area contributed by atoms with Gasteiger partial charge < -0.3 is 10.3 Å². The highest BCUT2D eigenvalue weighted by molar-refractivity contribution is 6.33. The van der Waals surface area contributed by atoms with Crippen molar-refractivity contribution in [3.05, 3.63) is 41.3 Å². The lowest BCUT2D eigenvalue weighted by Crippen LogP contribution is -2.25. The molecule has 1 heterocycles. The second kappa shape index (κ2) is 4.46. The third kappa shape index (κ3) is 2.24. The molecular formula is C13H12ClN3O. The highest BCUT2D eigenvalue weighted by atomic mass is 35.5. The number of aromatic amines is 1. The summed E-state index contributed by atoms with van der Waals surface area (Å²) in [6, 6.07) is 5.58. The number of amides is 1. The number of imidazole rings is 1. The minimum Gasteiger partial charge on any atom is -0.351 e. The summed E-state index contributed by atoms with van der Waals surface area (Å²) in [6.07, 6.45) is 5.49. The van der Waals surface area contributed by atoms with Gasteiger partial charge in [-0.1, -0.05) is 11.6 Å². The molecule has 2 aromatic rings. The van der Waals surface area contributed by atoms with Crippen LogP contribution < -0.4 is 5.32 Å². The van der Waals surface area contributed by atoms with E-state index in [1.807, 2.05) is 0 Å². The van der Waals surface area contributed by atoms with Crippen molar-refractivity contribution in [1.82, 2.24) is 15.3 Å². The fraction of sp³-hybridized carbons (Fsp3) is 0.231. The van der Waals surface area contributed by atoms with Gasteiger partial charge in [-0.05, 0) is 31.0 Å². The molecular weight excluding hydrogens is 250 g/mol. The van der Waals surface area contributed by atoms with E-state index in [0.29, 0.717) is 16.6 Å². The molecule has 3 rings (SSSR count). The average Bonchev–Trinajstić information content (AvgIpc) is 3.01. The summed E-state index contributed by atoms with van der Waals surface area (Å²) in [7, 11) is 0. The van der Waals surface area contributed by atoms with Gasteiger partial charge in [-0.15, -0.1) is 0 Å². The van der Waals surface area contributed by atoms with Crippen LogP contribution in [0.15, 0.2) is 30.7 Å². The molecule has 2 N–H and O–H groups in total. The van der Waals surface area contributed by atoms with Crippen molar-refractivity contribution in [1.29, 1.82) is 0 Å². The Hall–Kier alpha value is -1.81. The van der Waals surface area contributed by atoms with Crippen LogP contribution in [0.5, 0.6) is 0 Å². The molecule has 1 amide bonds. The van der Waals surface area contributed by atoms with E-state index in [2.05, 4.69) is 15.3 Å². The standard InChI is InChI=1S/C13H12ClN3O/c14-11-4-1-8(13(18)17-9-2-3-9)5-10(11)12-6-15-7-16-12/h1,4-7,9H,2-3H2,(H,15,16)(H,17,18). The number of rotatable bonds is 3. The number of hydrogen-bond donors (Lipinski definition) is 2.